The number of carbonyl (C=O) groups excluding carboxylic acids is 1. The second-order valence-electron chi connectivity index (χ2n) is 6.48. The van der Waals surface area contributed by atoms with Crippen LogP contribution in [0.25, 0.3) is 0 Å². The van der Waals surface area contributed by atoms with Gasteiger partial charge in [0.15, 0.2) is 0 Å². The van der Waals surface area contributed by atoms with Gasteiger partial charge in [-0.1, -0.05) is 5.16 Å². The van der Waals surface area contributed by atoms with Gasteiger partial charge in [0.2, 0.25) is 0 Å². The van der Waals surface area contributed by atoms with Crippen molar-refractivity contribution in [3.8, 4) is 0 Å². The van der Waals surface area contributed by atoms with Crippen molar-refractivity contribution in [3.63, 3.8) is 0 Å². The van der Waals surface area contributed by atoms with E-state index < -0.39 is 0 Å². The van der Waals surface area contributed by atoms with E-state index in [2.05, 4.69) is 15.4 Å². The van der Waals surface area contributed by atoms with E-state index in [1.165, 1.54) is 0 Å². The molecule has 128 valence electrons. The van der Waals surface area contributed by atoms with Gasteiger partial charge in [-0.2, -0.15) is 0 Å². The van der Waals surface area contributed by atoms with Gasteiger partial charge < -0.3 is 19.5 Å². The van der Waals surface area contributed by atoms with Crippen molar-refractivity contribution >= 4 is 6.03 Å². The largest absolute Gasteiger partial charge is 0.376 e. The third-order valence-electron chi connectivity index (χ3n) is 4.60. The molecule has 0 radical (unpaired) electrons. The lowest BCUT2D eigenvalue weighted by Gasteiger charge is -2.35. The highest BCUT2D eigenvalue weighted by atomic mass is 16.5. The molecule has 2 fully saturated rings. The second-order valence-corrected chi connectivity index (χ2v) is 6.48. The van der Waals surface area contributed by atoms with Crippen LogP contribution in [0, 0.1) is 6.92 Å². The van der Waals surface area contributed by atoms with Crippen LogP contribution in [-0.4, -0.2) is 65.9 Å². The summed E-state index contributed by atoms with van der Waals surface area (Å²) >= 11 is 0. The number of hydrogen-bond donors (Lipinski definition) is 1. The first-order chi connectivity index (χ1) is 11.1. The molecular weight excluding hydrogens is 296 g/mol. The molecule has 1 aromatic rings. The SMILES string of the molecule is Cc1cc(CN2CCN(C(=O)N[C@@H](C)[C@@H]3CCCO3)CC2)no1. The number of urea groups is 1. The molecule has 3 rings (SSSR count). The molecule has 7 heteroatoms. The maximum absolute atomic E-state index is 12.3. The molecule has 2 saturated heterocycles. The molecule has 2 aliphatic rings. The molecular formula is C16H26N4O3. The van der Waals surface area contributed by atoms with Crippen LogP contribution < -0.4 is 5.32 Å². The van der Waals surface area contributed by atoms with Crippen LogP contribution >= 0.6 is 0 Å². The summed E-state index contributed by atoms with van der Waals surface area (Å²) in [6.45, 7) is 8.69. The first-order valence-electron chi connectivity index (χ1n) is 8.43. The zero-order valence-electron chi connectivity index (χ0n) is 14.0. The van der Waals surface area contributed by atoms with Crippen molar-refractivity contribution in [1.82, 2.24) is 20.3 Å². The quantitative estimate of drug-likeness (QED) is 0.907. The standard InChI is InChI=1S/C16H26N4O3/c1-12-10-14(18-23-12)11-19-5-7-20(8-6-19)16(21)17-13(2)15-4-3-9-22-15/h10,13,15H,3-9,11H2,1-2H3,(H,17,21)/t13-,15-/m0/s1. The highest BCUT2D eigenvalue weighted by Gasteiger charge is 2.27. The van der Waals surface area contributed by atoms with Crippen LogP contribution in [0.4, 0.5) is 4.79 Å². The molecule has 0 unspecified atom stereocenters. The third kappa shape index (κ3) is 4.23. The van der Waals surface area contributed by atoms with Crippen molar-refractivity contribution in [3.05, 3.63) is 17.5 Å². The molecule has 2 amide bonds. The van der Waals surface area contributed by atoms with Crippen molar-refractivity contribution < 1.29 is 14.1 Å². The Balaban J connectivity index is 1.41. The van der Waals surface area contributed by atoms with Crippen LogP contribution in [0.15, 0.2) is 10.6 Å². The maximum atomic E-state index is 12.3. The Kier molecular flexibility index (Phi) is 5.17. The molecule has 0 saturated carbocycles. The number of nitrogens with one attached hydrogen (secondary N) is 1. The predicted octanol–water partition coefficient (Wildman–Crippen LogP) is 1.38. The van der Waals surface area contributed by atoms with E-state index in [1.54, 1.807) is 0 Å². The highest BCUT2D eigenvalue weighted by Crippen LogP contribution is 2.16. The molecule has 1 aromatic heterocycles. The van der Waals surface area contributed by atoms with Gasteiger partial charge >= 0.3 is 6.03 Å². The summed E-state index contributed by atoms with van der Waals surface area (Å²) in [6.07, 6.45) is 2.29. The smallest absolute Gasteiger partial charge is 0.317 e. The summed E-state index contributed by atoms with van der Waals surface area (Å²) < 4.78 is 10.7. The van der Waals surface area contributed by atoms with E-state index in [-0.39, 0.29) is 18.2 Å². The number of aryl methyl sites for hydroxylation is 1. The zero-order valence-corrected chi connectivity index (χ0v) is 14.0. The van der Waals surface area contributed by atoms with Gasteiger partial charge in [-0.3, -0.25) is 4.90 Å². The Morgan fingerprint density at radius 3 is 2.83 bits per heavy atom. The average Bonchev–Trinajstić information content (AvgIpc) is 3.20. The first-order valence-corrected chi connectivity index (χ1v) is 8.43. The lowest BCUT2D eigenvalue weighted by Crippen LogP contribution is -2.54. The Morgan fingerprint density at radius 1 is 1.43 bits per heavy atom. The van der Waals surface area contributed by atoms with E-state index in [1.807, 2.05) is 24.8 Å². The van der Waals surface area contributed by atoms with E-state index >= 15 is 0 Å². The number of piperazine rings is 1. The van der Waals surface area contributed by atoms with Crippen molar-refractivity contribution in [2.24, 2.45) is 0 Å². The first kappa shape index (κ1) is 16.3. The predicted molar refractivity (Wildman–Crippen MR) is 85.1 cm³/mol. The molecule has 0 bridgehead atoms. The number of carbonyl (C=O) groups is 1. The Morgan fingerprint density at radius 2 is 2.22 bits per heavy atom. The van der Waals surface area contributed by atoms with E-state index in [0.717, 1.165) is 63.6 Å². The Bertz CT molecular complexity index is 519. The van der Waals surface area contributed by atoms with Gasteiger partial charge in [0.05, 0.1) is 17.8 Å². The summed E-state index contributed by atoms with van der Waals surface area (Å²) in [7, 11) is 0. The van der Waals surface area contributed by atoms with Crippen LogP contribution in [0.3, 0.4) is 0 Å². The number of ether oxygens (including phenoxy) is 1. The fourth-order valence-electron chi connectivity index (χ4n) is 3.21. The monoisotopic (exact) mass is 322 g/mol. The number of aromatic nitrogens is 1. The average molecular weight is 322 g/mol. The summed E-state index contributed by atoms with van der Waals surface area (Å²) in [6, 6.07) is 2.05. The van der Waals surface area contributed by atoms with Crippen LogP contribution in [-0.2, 0) is 11.3 Å². The van der Waals surface area contributed by atoms with E-state index in [4.69, 9.17) is 9.26 Å². The fraction of sp³-hybridized carbons (Fsp3) is 0.750. The van der Waals surface area contributed by atoms with Crippen molar-refractivity contribution in [2.75, 3.05) is 32.8 Å². The third-order valence-corrected chi connectivity index (χ3v) is 4.60. The number of nitrogens with zero attached hydrogens (tertiary/aromatic N) is 3. The van der Waals surface area contributed by atoms with Gasteiger partial charge in [0, 0.05) is 45.4 Å². The van der Waals surface area contributed by atoms with E-state index in [9.17, 15) is 4.79 Å². The molecule has 7 nitrogen and oxygen atoms in total. The van der Waals surface area contributed by atoms with Gasteiger partial charge in [-0.05, 0) is 26.7 Å². The molecule has 0 spiro atoms. The summed E-state index contributed by atoms with van der Waals surface area (Å²) in [4.78, 5) is 16.5. The summed E-state index contributed by atoms with van der Waals surface area (Å²) in [5.74, 6) is 0.834. The van der Waals surface area contributed by atoms with E-state index in [0.29, 0.717) is 0 Å². The number of amides is 2. The summed E-state index contributed by atoms with van der Waals surface area (Å²) in [5, 5.41) is 7.10. The zero-order chi connectivity index (χ0) is 16.2. The minimum atomic E-state index is 0.0185. The summed E-state index contributed by atoms with van der Waals surface area (Å²) in [5.41, 5.74) is 0.951. The number of rotatable bonds is 4. The Hall–Kier alpha value is -1.60. The van der Waals surface area contributed by atoms with Crippen molar-refractivity contribution in [2.45, 2.75) is 45.4 Å². The lowest BCUT2D eigenvalue weighted by molar-refractivity contribution is 0.0799. The molecule has 2 atom stereocenters. The highest BCUT2D eigenvalue weighted by molar-refractivity contribution is 5.74. The number of hydrogen-bond acceptors (Lipinski definition) is 5. The molecule has 3 heterocycles. The molecule has 23 heavy (non-hydrogen) atoms. The Labute approximate surface area is 136 Å². The van der Waals surface area contributed by atoms with Gasteiger partial charge in [0.25, 0.3) is 0 Å². The van der Waals surface area contributed by atoms with Gasteiger partial charge in [-0.15, -0.1) is 0 Å². The topological polar surface area (TPSA) is 70.8 Å². The minimum Gasteiger partial charge on any atom is -0.376 e. The van der Waals surface area contributed by atoms with Gasteiger partial charge in [0.1, 0.15) is 5.76 Å². The fourth-order valence-corrected chi connectivity index (χ4v) is 3.21. The maximum Gasteiger partial charge on any atom is 0.317 e. The lowest BCUT2D eigenvalue weighted by atomic mass is 10.1. The van der Waals surface area contributed by atoms with Gasteiger partial charge in [-0.25, -0.2) is 4.79 Å². The normalized spacial score (nSPS) is 23.9. The van der Waals surface area contributed by atoms with Crippen LogP contribution in [0.1, 0.15) is 31.2 Å². The molecule has 1 N–H and O–H groups in total. The van der Waals surface area contributed by atoms with Crippen LogP contribution in [0.5, 0.6) is 0 Å². The molecule has 0 aromatic carbocycles. The van der Waals surface area contributed by atoms with Crippen molar-refractivity contribution in [1.29, 1.82) is 0 Å². The minimum absolute atomic E-state index is 0.0185. The second kappa shape index (κ2) is 7.31. The molecule has 0 aliphatic carbocycles. The van der Waals surface area contributed by atoms with Crippen LogP contribution in [0.2, 0.25) is 0 Å². The molecule has 2 aliphatic heterocycles.